The molecule has 0 saturated carbocycles. The number of hydrogen-bond acceptors (Lipinski definition) is 5. The van der Waals surface area contributed by atoms with Crippen LogP contribution in [0.15, 0.2) is 53.7 Å². The monoisotopic (exact) mass is 419 g/mol. The van der Waals surface area contributed by atoms with Gasteiger partial charge < -0.3 is 9.88 Å². The van der Waals surface area contributed by atoms with Crippen molar-refractivity contribution in [3.8, 4) is 6.07 Å². The van der Waals surface area contributed by atoms with E-state index in [4.69, 9.17) is 5.26 Å². The van der Waals surface area contributed by atoms with Crippen LogP contribution in [-0.4, -0.2) is 32.7 Å². The van der Waals surface area contributed by atoms with Crippen molar-refractivity contribution in [2.75, 3.05) is 16.0 Å². The van der Waals surface area contributed by atoms with E-state index in [9.17, 15) is 9.59 Å². The predicted octanol–water partition coefficient (Wildman–Crippen LogP) is 3.81. The van der Waals surface area contributed by atoms with Crippen molar-refractivity contribution >= 4 is 46.0 Å². The first-order valence-electron chi connectivity index (χ1n) is 9.62. The Morgan fingerprint density at radius 3 is 2.73 bits per heavy atom. The summed E-state index contributed by atoms with van der Waals surface area (Å²) in [7, 11) is 0. The highest BCUT2D eigenvalue weighted by molar-refractivity contribution is 7.99. The Morgan fingerprint density at radius 2 is 1.93 bits per heavy atom. The van der Waals surface area contributed by atoms with Gasteiger partial charge in [0.25, 0.3) is 0 Å². The van der Waals surface area contributed by atoms with E-state index in [0.717, 1.165) is 11.0 Å². The van der Waals surface area contributed by atoms with E-state index in [1.807, 2.05) is 47.0 Å². The number of fused-ring (bicyclic) bond motifs is 2. The van der Waals surface area contributed by atoms with Gasteiger partial charge in [0.2, 0.25) is 11.8 Å². The average Bonchev–Trinajstić information content (AvgIpc) is 3.08. The molecule has 2 heterocycles. The Morgan fingerprint density at radius 1 is 1.20 bits per heavy atom. The number of carbonyl (C=O) groups excluding carboxylic acids is 2. The lowest BCUT2D eigenvalue weighted by molar-refractivity contribution is -0.125. The second kappa shape index (κ2) is 7.84. The van der Waals surface area contributed by atoms with Crippen LogP contribution in [-0.2, 0) is 16.1 Å². The molecule has 0 spiro atoms. The van der Waals surface area contributed by atoms with Crippen molar-refractivity contribution in [3.63, 3.8) is 0 Å². The Balaban J connectivity index is 1.62. The molecular weight excluding hydrogens is 398 g/mol. The Hall–Kier alpha value is -3.31. The maximum Gasteiger partial charge on any atom is 0.250 e. The topological polar surface area (TPSA) is 91.0 Å². The molecule has 2 aromatic carbocycles. The zero-order valence-electron chi connectivity index (χ0n) is 16.8. The fourth-order valence-corrected chi connectivity index (χ4v) is 4.52. The number of benzene rings is 2. The number of carbonyl (C=O) groups is 2. The predicted molar refractivity (Wildman–Crippen MR) is 117 cm³/mol. The third-order valence-electron chi connectivity index (χ3n) is 5.15. The van der Waals surface area contributed by atoms with Gasteiger partial charge in [-0.15, -0.1) is 0 Å². The van der Waals surface area contributed by atoms with Gasteiger partial charge in [-0.25, -0.2) is 4.98 Å². The van der Waals surface area contributed by atoms with Crippen molar-refractivity contribution in [3.05, 3.63) is 48.5 Å². The highest BCUT2D eigenvalue weighted by atomic mass is 32.2. The summed E-state index contributed by atoms with van der Waals surface area (Å²) >= 11 is 1.32. The van der Waals surface area contributed by atoms with Gasteiger partial charge in [0, 0.05) is 6.54 Å². The Kier molecular flexibility index (Phi) is 5.22. The van der Waals surface area contributed by atoms with Crippen LogP contribution in [0.2, 0.25) is 0 Å². The zero-order chi connectivity index (χ0) is 21.3. The highest BCUT2D eigenvalue weighted by Crippen LogP contribution is 2.37. The van der Waals surface area contributed by atoms with E-state index in [2.05, 4.69) is 16.4 Å². The summed E-state index contributed by atoms with van der Waals surface area (Å²) in [4.78, 5) is 32.1. The van der Waals surface area contributed by atoms with Crippen molar-refractivity contribution in [1.29, 1.82) is 5.26 Å². The minimum absolute atomic E-state index is 0.126. The minimum Gasteiger partial charge on any atom is -0.322 e. The van der Waals surface area contributed by atoms with E-state index in [1.165, 1.54) is 11.8 Å². The molecule has 0 fully saturated rings. The maximum atomic E-state index is 13.3. The lowest BCUT2D eigenvalue weighted by Gasteiger charge is -2.42. The minimum atomic E-state index is -1.01. The molecule has 1 aliphatic heterocycles. The van der Waals surface area contributed by atoms with Crippen molar-refractivity contribution in [2.24, 2.45) is 0 Å². The third-order valence-corrected chi connectivity index (χ3v) is 6.11. The number of nitriles is 1. The molecule has 152 valence electrons. The van der Waals surface area contributed by atoms with Gasteiger partial charge in [-0.05, 0) is 38.1 Å². The molecule has 0 aliphatic carbocycles. The number of nitrogens with zero attached hydrogens (tertiary/aromatic N) is 4. The molecule has 0 bridgehead atoms. The number of nitrogens with one attached hydrogen (secondary N) is 1. The molecular formula is C22H21N5O2S. The summed E-state index contributed by atoms with van der Waals surface area (Å²) in [5.41, 5.74) is 2.07. The number of imidazole rings is 1. The summed E-state index contributed by atoms with van der Waals surface area (Å²) in [5, 5.41) is 12.6. The largest absolute Gasteiger partial charge is 0.322 e. The second-order valence-corrected chi connectivity index (χ2v) is 8.43. The van der Waals surface area contributed by atoms with Crippen LogP contribution < -0.4 is 10.2 Å². The molecule has 7 nitrogen and oxygen atoms in total. The first-order chi connectivity index (χ1) is 14.4. The molecule has 0 atom stereocenters. The Labute approximate surface area is 178 Å². The fourth-order valence-electron chi connectivity index (χ4n) is 3.63. The van der Waals surface area contributed by atoms with Crippen LogP contribution in [0, 0.1) is 11.3 Å². The molecule has 0 radical (unpaired) electrons. The number of aromatic nitrogens is 2. The van der Waals surface area contributed by atoms with Gasteiger partial charge in [0.15, 0.2) is 5.16 Å². The van der Waals surface area contributed by atoms with Crippen molar-refractivity contribution in [2.45, 2.75) is 37.5 Å². The van der Waals surface area contributed by atoms with Gasteiger partial charge in [-0.3, -0.25) is 14.5 Å². The van der Waals surface area contributed by atoms with Gasteiger partial charge >= 0.3 is 0 Å². The number of amides is 2. The quantitative estimate of drug-likeness (QED) is 0.635. The summed E-state index contributed by atoms with van der Waals surface area (Å²) in [5.74, 6) is -0.270. The SMILES string of the molecule is CC1(C)C(=O)Nc2ccccc2N1C(=O)CSc1nc2ccccc2n1CCC#N. The van der Waals surface area contributed by atoms with Gasteiger partial charge in [-0.1, -0.05) is 36.0 Å². The first kappa shape index (κ1) is 20.0. The summed E-state index contributed by atoms with van der Waals surface area (Å²) in [6.45, 7) is 3.99. The lowest BCUT2D eigenvalue weighted by Crippen LogP contribution is -2.59. The first-order valence-corrected chi connectivity index (χ1v) is 10.6. The molecule has 3 aromatic rings. The van der Waals surface area contributed by atoms with Gasteiger partial charge in [-0.2, -0.15) is 5.26 Å². The molecule has 30 heavy (non-hydrogen) atoms. The highest BCUT2D eigenvalue weighted by Gasteiger charge is 2.43. The van der Waals surface area contributed by atoms with Gasteiger partial charge in [0.05, 0.1) is 40.7 Å². The smallest absolute Gasteiger partial charge is 0.250 e. The standard InChI is InChI=1S/C22H21N5O2S/c1-22(2)20(29)24-16-9-4-6-11-18(16)27(22)19(28)14-30-21-25-15-8-3-5-10-17(15)26(21)13-7-12-23/h3-6,8-11H,7,13-14H2,1-2H3,(H,24,29). The third kappa shape index (κ3) is 3.42. The second-order valence-electron chi connectivity index (χ2n) is 7.49. The molecule has 0 unspecified atom stereocenters. The van der Waals surface area contributed by atoms with Crippen LogP contribution in [0.3, 0.4) is 0 Å². The summed E-state index contributed by atoms with van der Waals surface area (Å²) in [6.07, 6.45) is 0.356. The molecule has 1 aliphatic rings. The fraction of sp³-hybridized carbons (Fsp3) is 0.273. The zero-order valence-corrected chi connectivity index (χ0v) is 17.6. The number of hydrogen-bond donors (Lipinski definition) is 1. The molecule has 2 amide bonds. The number of rotatable bonds is 5. The Bertz CT molecular complexity index is 1180. The lowest BCUT2D eigenvalue weighted by atomic mass is 9.96. The summed E-state index contributed by atoms with van der Waals surface area (Å²) < 4.78 is 1.97. The van der Waals surface area contributed by atoms with Crippen LogP contribution in [0.4, 0.5) is 11.4 Å². The molecule has 8 heteroatoms. The van der Waals surface area contributed by atoms with Crippen LogP contribution in [0.1, 0.15) is 20.3 Å². The van der Waals surface area contributed by atoms with Gasteiger partial charge in [0.1, 0.15) is 5.54 Å². The number of para-hydroxylation sites is 4. The molecule has 1 N–H and O–H groups in total. The van der Waals surface area contributed by atoms with Crippen LogP contribution in [0.25, 0.3) is 11.0 Å². The average molecular weight is 420 g/mol. The van der Waals surface area contributed by atoms with E-state index >= 15 is 0 Å². The number of anilines is 2. The van der Waals surface area contributed by atoms with E-state index in [0.29, 0.717) is 29.5 Å². The molecule has 1 aromatic heterocycles. The molecule has 4 rings (SSSR count). The maximum absolute atomic E-state index is 13.3. The number of thioether (sulfide) groups is 1. The van der Waals surface area contributed by atoms with E-state index in [-0.39, 0.29) is 17.6 Å². The summed E-state index contributed by atoms with van der Waals surface area (Å²) in [6, 6.07) is 17.2. The van der Waals surface area contributed by atoms with E-state index < -0.39 is 5.54 Å². The van der Waals surface area contributed by atoms with Crippen molar-refractivity contribution in [1.82, 2.24) is 9.55 Å². The number of aryl methyl sites for hydroxylation is 1. The normalized spacial score (nSPS) is 14.8. The van der Waals surface area contributed by atoms with E-state index in [1.54, 1.807) is 24.8 Å². The van der Waals surface area contributed by atoms with Crippen LogP contribution in [0.5, 0.6) is 0 Å². The van der Waals surface area contributed by atoms with Crippen molar-refractivity contribution < 1.29 is 9.59 Å². The molecule has 0 saturated heterocycles. The van der Waals surface area contributed by atoms with Crippen LogP contribution >= 0.6 is 11.8 Å².